The maximum Gasteiger partial charge on any atom is 0.251 e. The summed E-state index contributed by atoms with van der Waals surface area (Å²) in [4.78, 5) is 18.9. The van der Waals surface area contributed by atoms with E-state index in [0.717, 1.165) is 5.82 Å². The van der Waals surface area contributed by atoms with Crippen LogP contribution < -0.4 is 5.32 Å². The van der Waals surface area contributed by atoms with Crippen LogP contribution in [-0.4, -0.2) is 15.9 Å². The first kappa shape index (κ1) is 10.4. The van der Waals surface area contributed by atoms with E-state index in [1.165, 1.54) is 0 Å². The lowest BCUT2D eigenvalue weighted by molar-refractivity contribution is 0.0938. The lowest BCUT2D eigenvalue weighted by Gasteiger charge is -2.11. The summed E-state index contributed by atoms with van der Waals surface area (Å²) in [5.41, 5.74) is 0.654. The van der Waals surface area contributed by atoms with Gasteiger partial charge in [-0.2, -0.15) is 0 Å². The Kier molecular flexibility index (Phi) is 3.00. The predicted octanol–water partition coefficient (Wildman–Crippen LogP) is 1.90. The maximum atomic E-state index is 11.8. The molecule has 0 aliphatic heterocycles. The number of rotatable bonds is 3. The summed E-state index contributed by atoms with van der Waals surface area (Å²) in [6, 6.07) is 9.00. The van der Waals surface area contributed by atoms with Crippen molar-refractivity contribution in [1.82, 2.24) is 15.3 Å². The zero-order chi connectivity index (χ0) is 11.4. The molecule has 0 saturated heterocycles. The van der Waals surface area contributed by atoms with Gasteiger partial charge in [0.15, 0.2) is 0 Å². The minimum absolute atomic E-state index is 0.0931. The summed E-state index contributed by atoms with van der Waals surface area (Å²) in [7, 11) is 0. The first-order valence-electron chi connectivity index (χ1n) is 5.12. The number of aromatic nitrogens is 2. The van der Waals surface area contributed by atoms with Crippen molar-refractivity contribution in [3.05, 3.63) is 54.1 Å². The number of hydrogen-bond acceptors (Lipinski definition) is 2. The van der Waals surface area contributed by atoms with Crippen LogP contribution in [0.3, 0.4) is 0 Å². The van der Waals surface area contributed by atoms with Crippen LogP contribution in [0.5, 0.6) is 0 Å². The van der Waals surface area contributed by atoms with Crippen molar-refractivity contribution < 1.29 is 4.79 Å². The van der Waals surface area contributed by atoms with Gasteiger partial charge in [-0.3, -0.25) is 4.79 Å². The number of nitrogens with one attached hydrogen (secondary N) is 2. The van der Waals surface area contributed by atoms with E-state index in [0.29, 0.717) is 5.56 Å². The van der Waals surface area contributed by atoms with Crippen molar-refractivity contribution in [1.29, 1.82) is 0 Å². The third kappa shape index (κ3) is 2.28. The second kappa shape index (κ2) is 4.61. The van der Waals surface area contributed by atoms with Gasteiger partial charge in [-0.05, 0) is 19.1 Å². The Labute approximate surface area is 93.7 Å². The fourth-order valence-electron chi connectivity index (χ4n) is 1.45. The molecule has 0 aliphatic carbocycles. The van der Waals surface area contributed by atoms with Gasteiger partial charge in [0.1, 0.15) is 5.82 Å². The van der Waals surface area contributed by atoms with Crippen molar-refractivity contribution in [2.75, 3.05) is 0 Å². The van der Waals surface area contributed by atoms with Crippen LogP contribution in [0.1, 0.15) is 29.1 Å². The number of aromatic amines is 1. The number of benzene rings is 1. The number of carbonyl (C=O) groups is 1. The summed E-state index contributed by atoms with van der Waals surface area (Å²) in [5, 5.41) is 2.87. The van der Waals surface area contributed by atoms with E-state index in [1.807, 2.05) is 25.1 Å². The van der Waals surface area contributed by atoms with Gasteiger partial charge in [0.25, 0.3) is 5.91 Å². The summed E-state index contributed by atoms with van der Waals surface area (Å²) in [5.74, 6) is 0.661. The molecule has 1 aromatic heterocycles. The van der Waals surface area contributed by atoms with Gasteiger partial charge in [-0.15, -0.1) is 0 Å². The Morgan fingerprint density at radius 1 is 1.38 bits per heavy atom. The average Bonchev–Trinajstić information content (AvgIpc) is 2.83. The molecule has 0 saturated carbocycles. The molecule has 2 rings (SSSR count). The first-order chi connectivity index (χ1) is 7.77. The fraction of sp³-hybridized carbons (Fsp3) is 0.167. The predicted molar refractivity (Wildman–Crippen MR) is 60.9 cm³/mol. The van der Waals surface area contributed by atoms with Gasteiger partial charge >= 0.3 is 0 Å². The highest BCUT2D eigenvalue weighted by Gasteiger charge is 2.12. The van der Waals surface area contributed by atoms with Crippen LogP contribution >= 0.6 is 0 Å². The number of hydrogen-bond donors (Lipinski definition) is 2. The second-order valence-corrected chi connectivity index (χ2v) is 3.54. The number of imidazole rings is 1. The highest BCUT2D eigenvalue weighted by Crippen LogP contribution is 2.07. The number of amides is 1. The third-order valence-electron chi connectivity index (χ3n) is 2.31. The van der Waals surface area contributed by atoms with Gasteiger partial charge in [-0.1, -0.05) is 18.2 Å². The second-order valence-electron chi connectivity index (χ2n) is 3.54. The number of H-pyrrole nitrogens is 1. The molecular weight excluding hydrogens is 202 g/mol. The quantitative estimate of drug-likeness (QED) is 0.821. The molecule has 0 fully saturated rings. The van der Waals surface area contributed by atoms with Crippen LogP contribution in [0.2, 0.25) is 0 Å². The standard InChI is InChI=1S/C12H13N3O/c1-9(11-13-7-8-14-11)15-12(16)10-5-3-2-4-6-10/h2-9H,1H3,(H,13,14)(H,15,16). The van der Waals surface area contributed by atoms with E-state index in [-0.39, 0.29) is 11.9 Å². The molecule has 16 heavy (non-hydrogen) atoms. The molecule has 1 unspecified atom stereocenters. The van der Waals surface area contributed by atoms with E-state index in [1.54, 1.807) is 24.5 Å². The average molecular weight is 215 g/mol. The molecule has 0 aliphatic rings. The monoisotopic (exact) mass is 215 g/mol. The molecule has 4 heteroatoms. The molecule has 2 N–H and O–H groups in total. The molecule has 1 heterocycles. The van der Waals surface area contributed by atoms with Gasteiger partial charge < -0.3 is 10.3 Å². The topological polar surface area (TPSA) is 57.8 Å². The molecule has 82 valence electrons. The molecule has 1 amide bonds. The van der Waals surface area contributed by atoms with E-state index < -0.39 is 0 Å². The zero-order valence-corrected chi connectivity index (χ0v) is 8.97. The smallest absolute Gasteiger partial charge is 0.251 e. The largest absolute Gasteiger partial charge is 0.347 e. The van der Waals surface area contributed by atoms with E-state index in [4.69, 9.17) is 0 Å². The molecule has 1 atom stereocenters. The van der Waals surface area contributed by atoms with Crippen LogP contribution in [0.4, 0.5) is 0 Å². The minimum atomic E-state index is -0.122. The normalized spacial score (nSPS) is 12.1. The van der Waals surface area contributed by atoms with Crippen molar-refractivity contribution in [3.8, 4) is 0 Å². The van der Waals surface area contributed by atoms with E-state index in [9.17, 15) is 4.79 Å². The third-order valence-corrected chi connectivity index (χ3v) is 2.31. The van der Waals surface area contributed by atoms with Crippen LogP contribution in [-0.2, 0) is 0 Å². The maximum absolute atomic E-state index is 11.8. The fourth-order valence-corrected chi connectivity index (χ4v) is 1.45. The highest BCUT2D eigenvalue weighted by atomic mass is 16.1. The van der Waals surface area contributed by atoms with Gasteiger partial charge in [-0.25, -0.2) is 4.98 Å². The summed E-state index contributed by atoms with van der Waals surface area (Å²) >= 11 is 0. The van der Waals surface area contributed by atoms with Crippen LogP contribution in [0, 0.1) is 0 Å². The minimum Gasteiger partial charge on any atom is -0.347 e. The van der Waals surface area contributed by atoms with E-state index >= 15 is 0 Å². The summed E-state index contributed by atoms with van der Waals surface area (Å²) < 4.78 is 0. The Morgan fingerprint density at radius 3 is 2.75 bits per heavy atom. The van der Waals surface area contributed by atoms with Crippen molar-refractivity contribution in [3.63, 3.8) is 0 Å². The van der Waals surface area contributed by atoms with Crippen molar-refractivity contribution in [2.24, 2.45) is 0 Å². The van der Waals surface area contributed by atoms with Crippen molar-refractivity contribution >= 4 is 5.91 Å². The lowest BCUT2D eigenvalue weighted by atomic mass is 10.2. The Balaban J connectivity index is 2.03. The molecule has 4 nitrogen and oxygen atoms in total. The Bertz CT molecular complexity index is 450. The molecule has 0 bridgehead atoms. The molecule has 1 aromatic carbocycles. The van der Waals surface area contributed by atoms with Gasteiger partial charge in [0.2, 0.25) is 0 Å². The number of carbonyl (C=O) groups excluding carboxylic acids is 1. The first-order valence-corrected chi connectivity index (χ1v) is 5.12. The SMILES string of the molecule is CC(NC(=O)c1ccccc1)c1ncc[nH]1. The highest BCUT2D eigenvalue weighted by molar-refractivity contribution is 5.94. The molecular formula is C12H13N3O. The Hall–Kier alpha value is -2.10. The van der Waals surface area contributed by atoms with E-state index in [2.05, 4.69) is 15.3 Å². The molecule has 0 spiro atoms. The molecule has 0 radical (unpaired) electrons. The van der Waals surface area contributed by atoms with Gasteiger partial charge in [0.05, 0.1) is 6.04 Å². The molecule has 2 aromatic rings. The Morgan fingerprint density at radius 2 is 2.12 bits per heavy atom. The van der Waals surface area contributed by atoms with Crippen LogP contribution in [0.15, 0.2) is 42.7 Å². The number of nitrogens with zero attached hydrogens (tertiary/aromatic N) is 1. The van der Waals surface area contributed by atoms with Crippen molar-refractivity contribution in [2.45, 2.75) is 13.0 Å². The summed E-state index contributed by atoms with van der Waals surface area (Å²) in [6.07, 6.45) is 3.40. The zero-order valence-electron chi connectivity index (χ0n) is 8.97. The van der Waals surface area contributed by atoms with Gasteiger partial charge in [0, 0.05) is 18.0 Å². The lowest BCUT2D eigenvalue weighted by Crippen LogP contribution is -2.27. The van der Waals surface area contributed by atoms with Crippen LogP contribution in [0.25, 0.3) is 0 Å². The summed E-state index contributed by atoms with van der Waals surface area (Å²) in [6.45, 7) is 1.89.